The molecule has 3 N–H and O–H groups in total. The summed E-state index contributed by atoms with van der Waals surface area (Å²) in [6.07, 6.45) is 3.90. The lowest BCUT2D eigenvalue weighted by molar-refractivity contribution is -0.151. The smallest absolute Gasteiger partial charge is 0.338 e. The van der Waals surface area contributed by atoms with E-state index in [1.807, 2.05) is 17.2 Å². The van der Waals surface area contributed by atoms with E-state index in [1.165, 1.54) is 31.0 Å². The molecular formula is C26H36FNO6S2. The van der Waals surface area contributed by atoms with Crippen molar-refractivity contribution in [1.82, 2.24) is 0 Å². The lowest BCUT2D eigenvalue weighted by atomic mass is 9.81. The van der Waals surface area contributed by atoms with E-state index in [1.54, 1.807) is 18.2 Å². The number of halogens is 1. The predicted octanol–water partition coefficient (Wildman–Crippen LogP) is 6.31. The number of esters is 1. The number of hydrogen-bond acceptors (Lipinski definition) is 8. The fourth-order valence-electron chi connectivity index (χ4n) is 4.56. The molecule has 1 heterocycles. The first-order valence-electron chi connectivity index (χ1n) is 12.0. The first-order valence-corrected chi connectivity index (χ1v) is 14.9. The van der Waals surface area contributed by atoms with Gasteiger partial charge < -0.3 is 19.5 Å². The molecule has 2 atom stereocenters. The number of nitrogens with zero attached hydrogens (tertiary/aromatic N) is 1. The topological polar surface area (TPSA) is 99.5 Å². The summed E-state index contributed by atoms with van der Waals surface area (Å²) in [5.41, 5.74) is 1.01. The van der Waals surface area contributed by atoms with Crippen LogP contribution in [0.4, 0.5) is 15.8 Å². The number of benzene rings is 2. The van der Waals surface area contributed by atoms with E-state index < -0.39 is 22.7 Å². The zero-order valence-corrected chi connectivity index (χ0v) is 22.8. The van der Waals surface area contributed by atoms with Gasteiger partial charge in [0.2, 0.25) is 0 Å². The third kappa shape index (κ3) is 6.28. The number of unbranched alkanes of at least 4 members (excludes halogenated alkanes) is 1. The molecule has 0 spiro atoms. The Morgan fingerprint density at radius 2 is 1.94 bits per heavy atom. The Bertz CT molecular complexity index is 1050. The van der Waals surface area contributed by atoms with Gasteiger partial charge in [0.25, 0.3) is 0 Å². The molecule has 2 unspecified atom stereocenters. The van der Waals surface area contributed by atoms with E-state index in [2.05, 4.69) is 18.6 Å². The van der Waals surface area contributed by atoms with E-state index in [0.717, 1.165) is 31.4 Å². The van der Waals surface area contributed by atoms with Crippen LogP contribution >= 0.6 is 22.4 Å². The van der Waals surface area contributed by atoms with Crippen LogP contribution in [0.3, 0.4) is 0 Å². The van der Waals surface area contributed by atoms with Gasteiger partial charge >= 0.3 is 5.97 Å². The molecule has 0 radical (unpaired) electrons. The van der Waals surface area contributed by atoms with E-state index in [-0.39, 0.29) is 23.6 Å². The van der Waals surface area contributed by atoms with Gasteiger partial charge in [-0.1, -0.05) is 26.7 Å². The summed E-state index contributed by atoms with van der Waals surface area (Å²) in [5.74, 6) is -0.625. The van der Waals surface area contributed by atoms with Gasteiger partial charge in [-0.3, -0.25) is 9.11 Å². The number of rotatable bonds is 10. The minimum Gasteiger partial charge on any atom is -0.489 e. The molecule has 1 aliphatic heterocycles. The molecule has 0 saturated heterocycles. The molecule has 7 nitrogen and oxygen atoms in total. The summed E-state index contributed by atoms with van der Waals surface area (Å²) >= 11 is 1.40. The summed E-state index contributed by atoms with van der Waals surface area (Å²) in [6, 6.07) is 9.64. The number of anilines is 2. The Morgan fingerprint density at radius 1 is 1.25 bits per heavy atom. The van der Waals surface area contributed by atoms with Gasteiger partial charge in [-0.2, -0.15) is 10.6 Å². The SMILES string of the molecule is CCCCC1(CC)CN(c2ccc(F)cc2)c2cc(SC)c(OCC(O)C(=O)OC)cc2S(O)(O)C1. The Labute approximate surface area is 218 Å². The van der Waals surface area contributed by atoms with Gasteiger partial charge in [-0.15, -0.1) is 11.8 Å². The molecule has 2 aromatic carbocycles. The summed E-state index contributed by atoms with van der Waals surface area (Å²) in [7, 11) is -2.06. The molecular weight excluding hydrogens is 505 g/mol. The highest BCUT2D eigenvalue weighted by atomic mass is 32.3. The van der Waals surface area contributed by atoms with Crippen molar-refractivity contribution in [3.63, 3.8) is 0 Å². The number of fused-ring (bicyclic) bond motifs is 1. The first kappa shape index (κ1) is 28.6. The van der Waals surface area contributed by atoms with Crippen molar-refractivity contribution in [1.29, 1.82) is 0 Å². The van der Waals surface area contributed by atoms with E-state index >= 15 is 0 Å². The van der Waals surface area contributed by atoms with Crippen molar-refractivity contribution in [3.05, 3.63) is 42.2 Å². The summed E-state index contributed by atoms with van der Waals surface area (Å²) in [5, 5.41) is 9.99. The number of thioether (sulfide) groups is 1. The first-order chi connectivity index (χ1) is 17.1. The molecule has 3 rings (SSSR count). The molecule has 2 aromatic rings. The molecule has 1 aliphatic rings. The van der Waals surface area contributed by atoms with Crippen LogP contribution in [0.2, 0.25) is 0 Å². The highest BCUT2D eigenvalue weighted by molar-refractivity contribution is 8.24. The van der Waals surface area contributed by atoms with Crippen molar-refractivity contribution < 1.29 is 32.9 Å². The highest BCUT2D eigenvalue weighted by Gasteiger charge is 2.42. The van der Waals surface area contributed by atoms with Crippen molar-refractivity contribution in [2.75, 3.05) is 37.2 Å². The Hall–Kier alpha value is -1.98. The molecule has 10 heteroatoms. The van der Waals surface area contributed by atoms with Crippen LogP contribution in [0.1, 0.15) is 39.5 Å². The zero-order valence-electron chi connectivity index (χ0n) is 21.2. The maximum absolute atomic E-state index is 13.8. The average molecular weight is 542 g/mol. The lowest BCUT2D eigenvalue weighted by Gasteiger charge is -2.41. The van der Waals surface area contributed by atoms with E-state index in [4.69, 9.17) is 4.74 Å². The number of hydrogen-bond donors (Lipinski definition) is 3. The highest BCUT2D eigenvalue weighted by Crippen LogP contribution is 2.62. The van der Waals surface area contributed by atoms with Gasteiger partial charge in [0.15, 0.2) is 6.10 Å². The van der Waals surface area contributed by atoms with Gasteiger partial charge in [0.05, 0.1) is 22.6 Å². The van der Waals surface area contributed by atoms with Gasteiger partial charge in [0, 0.05) is 29.5 Å². The van der Waals surface area contributed by atoms with Gasteiger partial charge in [0.1, 0.15) is 18.2 Å². The summed E-state index contributed by atoms with van der Waals surface area (Å²) in [4.78, 5) is 14.7. The van der Waals surface area contributed by atoms with Gasteiger partial charge in [-0.25, -0.2) is 9.18 Å². The maximum atomic E-state index is 13.8. The lowest BCUT2D eigenvalue weighted by Crippen LogP contribution is -2.37. The van der Waals surface area contributed by atoms with Crippen molar-refractivity contribution in [2.24, 2.45) is 5.41 Å². The predicted molar refractivity (Wildman–Crippen MR) is 143 cm³/mol. The Morgan fingerprint density at radius 3 is 2.53 bits per heavy atom. The fraction of sp³-hybridized carbons (Fsp3) is 0.500. The van der Waals surface area contributed by atoms with Crippen LogP contribution in [0.5, 0.6) is 5.75 Å². The summed E-state index contributed by atoms with van der Waals surface area (Å²) in [6.45, 7) is 4.39. The van der Waals surface area contributed by atoms with Crippen LogP contribution in [-0.2, 0) is 9.53 Å². The van der Waals surface area contributed by atoms with Crippen LogP contribution < -0.4 is 9.64 Å². The monoisotopic (exact) mass is 541 g/mol. The van der Waals surface area contributed by atoms with Crippen LogP contribution in [0.25, 0.3) is 0 Å². The molecule has 200 valence electrons. The second kappa shape index (κ2) is 12.0. The average Bonchev–Trinajstić information content (AvgIpc) is 2.97. The molecule has 0 aliphatic carbocycles. The largest absolute Gasteiger partial charge is 0.489 e. The van der Waals surface area contributed by atoms with E-state index in [0.29, 0.717) is 27.8 Å². The normalized spacial score (nSPS) is 20.7. The number of aliphatic hydroxyl groups is 1. The quantitative estimate of drug-likeness (QED) is 0.238. The van der Waals surface area contributed by atoms with Crippen molar-refractivity contribution in [2.45, 2.75) is 55.4 Å². The van der Waals surface area contributed by atoms with Crippen molar-refractivity contribution in [3.8, 4) is 5.75 Å². The minimum atomic E-state index is -3.24. The van der Waals surface area contributed by atoms with Crippen LogP contribution in [0, 0.1) is 11.2 Å². The second-order valence-corrected chi connectivity index (χ2v) is 12.1. The molecule has 36 heavy (non-hydrogen) atoms. The Kier molecular flexibility index (Phi) is 9.56. The van der Waals surface area contributed by atoms with E-state index in [9.17, 15) is 23.4 Å². The molecule has 0 amide bonds. The number of carbonyl (C=O) groups excluding carboxylic acids is 1. The number of ether oxygens (including phenoxy) is 2. The third-order valence-electron chi connectivity index (χ3n) is 6.71. The third-order valence-corrected chi connectivity index (χ3v) is 9.51. The van der Waals surface area contributed by atoms with Crippen LogP contribution in [-0.4, -0.2) is 58.6 Å². The Balaban J connectivity index is 2.15. The summed E-state index contributed by atoms with van der Waals surface area (Å²) < 4.78 is 47.2. The molecule has 0 fully saturated rings. The van der Waals surface area contributed by atoms with Gasteiger partial charge in [-0.05, 0) is 49.4 Å². The minimum absolute atomic E-state index is 0.198. The standard InChI is InChI=1S/C26H36FNO6S2/c1-5-7-12-26(6-2)16-28(19-10-8-18(27)9-11-19)20-13-23(35-4)22(14-24(20)36(31,32)17-26)34-15-21(29)25(30)33-3/h8-11,13-14,21,29,31-32H,5-7,12,15-17H2,1-4H3. The molecule has 0 saturated carbocycles. The second-order valence-electron chi connectivity index (χ2n) is 9.15. The number of aliphatic hydroxyl groups excluding tert-OH is 1. The number of methoxy groups -OCH3 is 1. The fourth-order valence-corrected chi connectivity index (χ4v) is 7.36. The number of carbonyl (C=O) groups is 1. The molecule has 0 bridgehead atoms. The van der Waals surface area contributed by atoms with Crippen molar-refractivity contribution >= 4 is 39.7 Å². The maximum Gasteiger partial charge on any atom is 0.338 e. The zero-order chi connectivity index (χ0) is 26.5. The van der Waals surface area contributed by atoms with Crippen LogP contribution in [0.15, 0.2) is 46.2 Å². The molecule has 0 aromatic heterocycles.